The molecule has 1 amide bonds. The third kappa shape index (κ3) is 1.82. The van der Waals surface area contributed by atoms with Crippen LogP contribution >= 0.6 is 0 Å². The van der Waals surface area contributed by atoms with Crippen LogP contribution in [0.2, 0.25) is 0 Å². The summed E-state index contributed by atoms with van der Waals surface area (Å²) in [4.78, 5) is 13.7. The van der Waals surface area contributed by atoms with Gasteiger partial charge in [-0.2, -0.15) is 0 Å². The fourth-order valence-corrected chi connectivity index (χ4v) is 1.92. The third-order valence-corrected chi connectivity index (χ3v) is 3.40. The van der Waals surface area contributed by atoms with Crippen molar-refractivity contribution in [2.75, 3.05) is 13.1 Å². The van der Waals surface area contributed by atoms with Crippen LogP contribution in [0.3, 0.4) is 0 Å². The number of likely N-dealkylation sites (tertiary alicyclic amines) is 1. The van der Waals surface area contributed by atoms with Crippen LogP contribution < -0.4 is 5.73 Å². The molecule has 3 heteroatoms. The Morgan fingerprint density at radius 2 is 2.07 bits per heavy atom. The fraction of sp³-hybridized carbons (Fsp3) is 0.727. The molecule has 1 aliphatic rings. The first-order chi connectivity index (χ1) is 6.49. The van der Waals surface area contributed by atoms with Gasteiger partial charge in [-0.1, -0.05) is 20.4 Å². The fourth-order valence-electron chi connectivity index (χ4n) is 1.92. The topological polar surface area (TPSA) is 46.3 Å². The van der Waals surface area contributed by atoms with Crippen molar-refractivity contribution in [3.63, 3.8) is 0 Å². The molecule has 1 rings (SSSR count). The van der Waals surface area contributed by atoms with Gasteiger partial charge in [0.1, 0.15) is 0 Å². The molecule has 0 saturated carbocycles. The van der Waals surface area contributed by atoms with Crippen LogP contribution in [0, 0.1) is 11.8 Å². The Bertz CT molecular complexity index is 250. The Morgan fingerprint density at radius 1 is 1.50 bits per heavy atom. The molecule has 0 aromatic rings. The van der Waals surface area contributed by atoms with E-state index in [0.717, 1.165) is 5.57 Å². The van der Waals surface area contributed by atoms with Crippen molar-refractivity contribution in [3.05, 3.63) is 12.2 Å². The number of carbonyl (C=O) groups excluding carboxylic acids is 1. The third-order valence-electron chi connectivity index (χ3n) is 3.40. The quantitative estimate of drug-likeness (QED) is 0.685. The maximum absolute atomic E-state index is 11.8. The van der Waals surface area contributed by atoms with E-state index in [0.29, 0.717) is 25.0 Å². The summed E-state index contributed by atoms with van der Waals surface area (Å²) >= 11 is 0. The highest BCUT2D eigenvalue weighted by Crippen LogP contribution is 2.30. The molecular weight excluding hydrogens is 176 g/mol. The van der Waals surface area contributed by atoms with Crippen LogP contribution in [-0.2, 0) is 4.79 Å². The molecule has 1 aliphatic heterocycles. The minimum absolute atomic E-state index is 0.135. The summed E-state index contributed by atoms with van der Waals surface area (Å²) in [5, 5.41) is 0. The molecule has 14 heavy (non-hydrogen) atoms. The number of amides is 1. The summed E-state index contributed by atoms with van der Waals surface area (Å²) < 4.78 is 0. The lowest BCUT2D eigenvalue weighted by Crippen LogP contribution is -2.35. The van der Waals surface area contributed by atoms with Crippen LogP contribution in [0.4, 0.5) is 0 Å². The normalized spacial score (nSPS) is 32.4. The second-order valence-corrected chi connectivity index (χ2v) is 4.31. The van der Waals surface area contributed by atoms with Crippen LogP contribution in [0.1, 0.15) is 20.8 Å². The molecule has 0 aliphatic carbocycles. The smallest absolute Gasteiger partial charge is 0.226 e. The van der Waals surface area contributed by atoms with Crippen LogP contribution in [0.5, 0.6) is 0 Å². The van der Waals surface area contributed by atoms with E-state index < -0.39 is 0 Å². The molecule has 0 aromatic carbocycles. The van der Waals surface area contributed by atoms with Gasteiger partial charge in [-0.25, -0.2) is 0 Å². The highest BCUT2D eigenvalue weighted by molar-refractivity contribution is 5.81. The molecule has 1 heterocycles. The summed E-state index contributed by atoms with van der Waals surface area (Å²) in [6.45, 7) is 11.1. The Hall–Kier alpha value is -0.830. The van der Waals surface area contributed by atoms with E-state index in [2.05, 4.69) is 20.4 Å². The van der Waals surface area contributed by atoms with Crippen molar-refractivity contribution >= 4 is 5.91 Å². The lowest BCUT2D eigenvalue weighted by molar-refractivity contribution is -0.131. The Kier molecular flexibility index (Phi) is 3.32. The van der Waals surface area contributed by atoms with E-state index in [1.54, 1.807) is 0 Å². The average molecular weight is 196 g/mol. The van der Waals surface area contributed by atoms with Crippen LogP contribution in [-0.4, -0.2) is 29.9 Å². The van der Waals surface area contributed by atoms with Gasteiger partial charge in [0.05, 0.1) is 0 Å². The van der Waals surface area contributed by atoms with Crippen molar-refractivity contribution in [3.8, 4) is 0 Å². The van der Waals surface area contributed by atoms with Gasteiger partial charge in [-0.3, -0.25) is 4.79 Å². The second-order valence-electron chi connectivity index (χ2n) is 4.31. The minimum atomic E-state index is 0.135. The van der Waals surface area contributed by atoms with E-state index in [9.17, 15) is 4.79 Å². The minimum Gasteiger partial charge on any atom is -0.335 e. The summed E-state index contributed by atoms with van der Waals surface area (Å²) in [5.74, 6) is 0.795. The van der Waals surface area contributed by atoms with Crippen LogP contribution in [0.25, 0.3) is 0 Å². The summed E-state index contributed by atoms with van der Waals surface area (Å²) in [7, 11) is 0. The zero-order valence-electron chi connectivity index (χ0n) is 9.29. The van der Waals surface area contributed by atoms with E-state index in [1.165, 1.54) is 0 Å². The molecule has 0 bridgehead atoms. The van der Waals surface area contributed by atoms with Crippen molar-refractivity contribution in [1.29, 1.82) is 0 Å². The molecular formula is C11H20N2O. The van der Waals surface area contributed by atoms with Gasteiger partial charge in [-0.15, -0.1) is 0 Å². The predicted octanol–water partition coefficient (Wildman–Crippen LogP) is 1.00. The monoisotopic (exact) mass is 196 g/mol. The second kappa shape index (κ2) is 4.13. The number of hydrogen-bond donors (Lipinski definition) is 1. The zero-order valence-corrected chi connectivity index (χ0v) is 9.29. The van der Waals surface area contributed by atoms with E-state index in [-0.39, 0.29) is 11.8 Å². The van der Waals surface area contributed by atoms with Gasteiger partial charge in [0.15, 0.2) is 0 Å². The van der Waals surface area contributed by atoms with Crippen molar-refractivity contribution < 1.29 is 4.79 Å². The molecule has 2 N–H and O–H groups in total. The first-order valence-electron chi connectivity index (χ1n) is 5.16. The van der Waals surface area contributed by atoms with Gasteiger partial charge in [0.2, 0.25) is 5.91 Å². The first kappa shape index (κ1) is 11.2. The highest BCUT2D eigenvalue weighted by Gasteiger charge is 2.40. The predicted molar refractivity (Wildman–Crippen MR) is 57.7 cm³/mol. The molecule has 1 fully saturated rings. The number of carbonyl (C=O) groups is 1. The van der Waals surface area contributed by atoms with E-state index in [1.807, 2.05) is 11.8 Å². The Labute approximate surface area is 86.0 Å². The lowest BCUT2D eigenvalue weighted by atomic mass is 9.95. The van der Waals surface area contributed by atoms with Crippen LogP contribution in [0.15, 0.2) is 12.2 Å². The van der Waals surface area contributed by atoms with Crippen molar-refractivity contribution in [2.24, 2.45) is 17.6 Å². The molecule has 80 valence electrons. The molecule has 3 atom stereocenters. The molecule has 0 aromatic heterocycles. The maximum Gasteiger partial charge on any atom is 0.226 e. The van der Waals surface area contributed by atoms with E-state index in [4.69, 9.17) is 5.73 Å². The van der Waals surface area contributed by atoms with E-state index >= 15 is 0 Å². The number of nitrogens with two attached hydrogens (primary N) is 1. The zero-order chi connectivity index (χ0) is 10.9. The molecule has 0 spiro atoms. The molecule has 3 nitrogen and oxygen atoms in total. The van der Waals surface area contributed by atoms with Gasteiger partial charge in [0, 0.05) is 25.0 Å². The Morgan fingerprint density at radius 3 is 2.43 bits per heavy atom. The summed E-state index contributed by atoms with van der Waals surface area (Å²) in [6.07, 6.45) is 0. The lowest BCUT2D eigenvalue weighted by Gasteiger charge is -2.23. The summed E-state index contributed by atoms with van der Waals surface area (Å²) in [5.41, 5.74) is 6.40. The maximum atomic E-state index is 11.8. The molecule has 1 saturated heterocycles. The average Bonchev–Trinajstić information content (AvgIpc) is 2.35. The summed E-state index contributed by atoms with van der Waals surface area (Å²) in [6, 6.07) is 0.306. The molecule has 3 unspecified atom stereocenters. The number of hydrogen-bond acceptors (Lipinski definition) is 2. The van der Waals surface area contributed by atoms with Gasteiger partial charge < -0.3 is 10.6 Å². The van der Waals surface area contributed by atoms with Gasteiger partial charge >= 0.3 is 0 Å². The number of rotatable bonds is 3. The SMILES string of the molecule is C=C(CN)CN1C(=O)C(C)C(C)C1C. The first-order valence-corrected chi connectivity index (χ1v) is 5.16. The van der Waals surface area contributed by atoms with Crippen molar-refractivity contribution in [1.82, 2.24) is 4.90 Å². The number of nitrogens with zero attached hydrogens (tertiary/aromatic N) is 1. The van der Waals surface area contributed by atoms with Crippen molar-refractivity contribution in [2.45, 2.75) is 26.8 Å². The Balaban J connectivity index is 2.70. The largest absolute Gasteiger partial charge is 0.335 e. The molecule has 0 radical (unpaired) electrons. The van der Waals surface area contributed by atoms with Gasteiger partial charge in [0.25, 0.3) is 0 Å². The highest BCUT2D eigenvalue weighted by atomic mass is 16.2. The van der Waals surface area contributed by atoms with Gasteiger partial charge in [-0.05, 0) is 18.4 Å². The standard InChI is InChI=1S/C11H20N2O/c1-7(5-12)6-13-10(4)8(2)9(3)11(13)14/h8-10H,1,5-6,12H2,2-4H3.